The number of halogens is 3. The summed E-state index contributed by atoms with van der Waals surface area (Å²) in [6, 6.07) is 2.44. The van der Waals surface area contributed by atoms with Crippen molar-refractivity contribution < 1.29 is 13.2 Å². The molecule has 21 heavy (non-hydrogen) atoms. The second-order valence-corrected chi connectivity index (χ2v) is 6.29. The molecule has 0 aromatic carbocycles. The van der Waals surface area contributed by atoms with Crippen molar-refractivity contribution in [1.29, 1.82) is 0 Å². The second-order valence-electron chi connectivity index (χ2n) is 5.29. The molecule has 1 aliphatic carbocycles. The van der Waals surface area contributed by atoms with Gasteiger partial charge in [0.15, 0.2) is 0 Å². The van der Waals surface area contributed by atoms with Crippen LogP contribution in [0.2, 0.25) is 0 Å². The predicted molar refractivity (Wildman–Crippen MR) is 75.1 cm³/mol. The number of nitrogens with one attached hydrogen (secondary N) is 1. The third-order valence-electron chi connectivity index (χ3n) is 3.63. The molecule has 0 spiro atoms. The number of nitrogens with zero attached hydrogens (tertiary/aromatic N) is 2. The first-order valence-corrected chi connectivity index (χ1v) is 7.77. The molecule has 1 N–H and O–H groups in total. The van der Waals surface area contributed by atoms with E-state index in [0.29, 0.717) is 12.6 Å². The molecule has 0 aliphatic heterocycles. The van der Waals surface area contributed by atoms with E-state index < -0.39 is 12.7 Å². The molecule has 0 bridgehead atoms. The minimum atomic E-state index is -4.23. The van der Waals surface area contributed by atoms with Gasteiger partial charge in [-0.05, 0) is 36.3 Å². The van der Waals surface area contributed by atoms with Gasteiger partial charge in [0.2, 0.25) is 0 Å². The minimum absolute atomic E-state index is 0.297. The van der Waals surface area contributed by atoms with Gasteiger partial charge >= 0.3 is 6.18 Å². The number of fused-ring (bicyclic) bond motifs is 1. The summed E-state index contributed by atoms with van der Waals surface area (Å²) in [6.07, 6.45) is 2.08. The molecule has 0 saturated carbocycles. The fraction of sp³-hybridized carbons (Fsp3) is 0.500. The summed E-state index contributed by atoms with van der Waals surface area (Å²) in [5.41, 5.74) is 2.12. The van der Waals surface area contributed by atoms with Gasteiger partial charge in [0.25, 0.3) is 0 Å². The summed E-state index contributed by atoms with van der Waals surface area (Å²) < 4.78 is 37.8. The van der Waals surface area contributed by atoms with Crippen molar-refractivity contribution in [2.45, 2.75) is 44.6 Å². The van der Waals surface area contributed by atoms with Crippen LogP contribution in [0.1, 0.15) is 34.9 Å². The zero-order valence-electron chi connectivity index (χ0n) is 11.4. The van der Waals surface area contributed by atoms with Crippen LogP contribution in [0.25, 0.3) is 0 Å². The minimum Gasteiger partial charge on any atom is -0.306 e. The Kier molecular flexibility index (Phi) is 4.03. The van der Waals surface area contributed by atoms with Crippen molar-refractivity contribution in [3.05, 3.63) is 39.8 Å². The summed E-state index contributed by atoms with van der Waals surface area (Å²) in [6.45, 7) is -0.497. The van der Waals surface area contributed by atoms with Crippen molar-refractivity contribution in [3.8, 4) is 0 Å². The first-order chi connectivity index (χ1) is 10.0. The van der Waals surface area contributed by atoms with Gasteiger partial charge in [-0.1, -0.05) is 0 Å². The Hall–Kier alpha value is -1.34. The van der Waals surface area contributed by atoms with Gasteiger partial charge in [0, 0.05) is 29.2 Å². The molecule has 2 aromatic heterocycles. The van der Waals surface area contributed by atoms with Gasteiger partial charge in [-0.2, -0.15) is 18.3 Å². The zero-order valence-corrected chi connectivity index (χ0v) is 12.2. The maximum absolute atomic E-state index is 12.3. The van der Waals surface area contributed by atoms with E-state index >= 15 is 0 Å². The fourth-order valence-corrected chi connectivity index (χ4v) is 3.69. The highest BCUT2D eigenvalue weighted by molar-refractivity contribution is 7.10. The lowest BCUT2D eigenvalue weighted by Gasteiger charge is -2.23. The van der Waals surface area contributed by atoms with Crippen molar-refractivity contribution in [2.24, 2.45) is 0 Å². The normalized spacial score (nSPS) is 18.7. The number of aromatic nitrogens is 2. The fourth-order valence-electron chi connectivity index (χ4n) is 2.71. The van der Waals surface area contributed by atoms with Crippen LogP contribution in [-0.2, 0) is 19.5 Å². The molecule has 2 heterocycles. The van der Waals surface area contributed by atoms with E-state index in [1.165, 1.54) is 22.8 Å². The predicted octanol–water partition coefficient (Wildman–Crippen LogP) is 3.67. The lowest BCUT2D eigenvalue weighted by atomic mass is 9.94. The van der Waals surface area contributed by atoms with Gasteiger partial charge in [0.05, 0.1) is 6.20 Å². The van der Waals surface area contributed by atoms with Crippen LogP contribution >= 0.6 is 11.3 Å². The molecule has 3 rings (SSSR count). The van der Waals surface area contributed by atoms with E-state index in [0.717, 1.165) is 29.5 Å². The topological polar surface area (TPSA) is 29.9 Å². The van der Waals surface area contributed by atoms with Gasteiger partial charge < -0.3 is 5.32 Å². The zero-order chi connectivity index (χ0) is 14.9. The number of hydrogen-bond acceptors (Lipinski definition) is 3. The van der Waals surface area contributed by atoms with Crippen LogP contribution in [0.5, 0.6) is 0 Å². The third kappa shape index (κ3) is 3.65. The average molecular weight is 315 g/mol. The van der Waals surface area contributed by atoms with E-state index in [4.69, 9.17) is 0 Å². The smallest absolute Gasteiger partial charge is 0.306 e. The lowest BCUT2D eigenvalue weighted by Crippen LogP contribution is -2.23. The number of rotatable bonds is 4. The van der Waals surface area contributed by atoms with Crippen LogP contribution in [0.15, 0.2) is 23.8 Å². The van der Waals surface area contributed by atoms with E-state index in [9.17, 15) is 13.2 Å². The third-order valence-corrected chi connectivity index (χ3v) is 4.63. The summed E-state index contributed by atoms with van der Waals surface area (Å²) >= 11 is 1.78. The second kappa shape index (κ2) is 5.81. The quantitative estimate of drug-likeness (QED) is 0.933. The summed E-state index contributed by atoms with van der Waals surface area (Å²) in [4.78, 5) is 1.42. The molecule has 7 heteroatoms. The van der Waals surface area contributed by atoms with E-state index in [2.05, 4.69) is 21.9 Å². The number of thiophene rings is 1. The van der Waals surface area contributed by atoms with Crippen LogP contribution in [-0.4, -0.2) is 16.0 Å². The highest BCUT2D eigenvalue weighted by Gasteiger charge is 2.28. The molecular weight excluding hydrogens is 299 g/mol. The Morgan fingerprint density at radius 1 is 1.43 bits per heavy atom. The van der Waals surface area contributed by atoms with E-state index in [1.807, 2.05) is 0 Å². The van der Waals surface area contributed by atoms with Gasteiger partial charge in [-0.25, -0.2) is 0 Å². The highest BCUT2D eigenvalue weighted by Crippen LogP contribution is 2.33. The molecule has 0 amide bonds. The largest absolute Gasteiger partial charge is 0.408 e. The van der Waals surface area contributed by atoms with Gasteiger partial charge in [0.1, 0.15) is 6.54 Å². The van der Waals surface area contributed by atoms with Crippen LogP contribution in [0.4, 0.5) is 13.2 Å². The maximum Gasteiger partial charge on any atom is 0.408 e. The van der Waals surface area contributed by atoms with Crippen molar-refractivity contribution >= 4 is 11.3 Å². The van der Waals surface area contributed by atoms with Crippen LogP contribution < -0.4 is 5.32 Å². The Balaban J connectivity index is 1.59. The highest BCUT2D eigenvalue weighted by atomic mass is 32.1. The molecule has 1 atom stereocenters. The summed E-state index contributed by atoms with van der Waals surface area (Å²) in [5.74, 6) is 0. The van der Waals surface area contributed by atoms with Gasteiger partial charge in [-0.15, -0.1) is 11.3 Å². The number of hydrogen-bond donors (Lipinski definition) is 1. The number of alkyl halides is 3. The SMILES string of the molecule is FC(F)(F)Cn1cc(CN[C@@H]2CCCc3sccc32)cn1. The Morgan fingerprint density at radius 3 is 3.10 bits per heavy atom. The van der Waals surface area contributed by atoms with Crippen molar-refractivity contribution in [1.82, 2.24) is 15.1 Å². The standard InChI is InChI=1S/C14H16F3N3S/c15-14(16,17)9-20-8-10(7-19-20)6-18-12-2-1-3-13-11(12)4-5-21-13/h4-5,7-8,12,18H,1-3,6,9H2/t12-/m1/s1. The van der Waals surface area contributed by atoms with Crippen molar-refractivity contribution in [3.63, 3.8) is 0 Å². The molecule has 114 valence electrons. The monoisotopic (exact) mass is 315 g/mol. The van der Waals surface area contributed by atoms with Crippen LogP contribution in [0.3, 0.4) is 0 Å². The maximum atomic E-state index is 12.3. The Bertz CT molecular complexity index is 603. The first-order valence-electron chi connectivity index (χ1n) is 6.89. The molecule has 0 unspecified atom stereocenters. The summed E-state index contributed by atoms with van der Waals surface area (Å²) in [5, 5.41) is 9.29. The molecule has 2 aromatic rings. The van der Waals surface area contributed by atoms with Crippen molar-refractivity contribution in [2.75, 3.05) is 0 Å². The lowest BCUT2D eigenvalue weighted by molar-refractivity contribution is -0.142. The molecular formula is C14H16F3N3S. The molecule has 1 aliphatic rings. The van der Waals surface area contributed by atoms with E-state index in [1.54, 1.807) is 11.3 Å². The Morgan fingerprint density at radius 2 is 2.29 bits per heavy atom. The molecule has 3 nitrogen and oxygen atoms in total. The van der Waals surface area contributed by atoms with E-state index in [-0.39, 0.29) is 0 Å². The summed E-state index contributed by atoms with van der Waals surface area (Å²) in [7, 11) is 0. The van der Waals surface area contributed by atoms with Gasteiger partial charge in [-0.3, -0.25) is 4.68 Å². The number of aryl methyl sites for hydroxylation is 1. The molecule has 0 fully saturated rings. The Labute approximate surface area is 124 Å². The first kappa shape index (κ1) is 14.6. The molecule has 0 saturated heterocycles. The average Bonchev–Trinajstić information content (AvgIpc) is 3.03. The molecule has 0 radical (unpaired) electrons. The van der Waals surface area contributed by atoms with Crippen LogP contribution in [0, 0.1) is 0 Å².